The van der Waals surface area contributed by atoms with Crippen LogP contribution in [-0.2, 0) is 14.2 Å². The smallest absolute Gasteiger partial charge is 0.0878 e. The van der Waals surface area contributed by atoms with Crippen molar-refractivity contribution < 1.29 is 14.2 Å². The Balaban J connectivity index is 1.70. The Morgan fingerprint density at radius 2 is 1.95 bits per heavy atom. The Labute approximate surface area is 122 Å². The van der Waals surface area contributed by atoms with E-state index in [4.69, 9.17) is 19.9 Å². The summed E-state index contributed by atoms with van der Waals surface area (Å²) in [4.78, 5) is 0. The minimum Gasteiger partial charge on any atom is -0.381 e. The van der Waals surface area contributed by atoms with Gasteiger partial charge in [0.05, 0.1) is 11.2 Å². The Morgan fingerprint density at radius 3 is 2.55 bits per heavy atom. The van der Waals surface area contributed by atoms with E-state index < -0.39 is 0 Å². The first-order chi connectivity index (χ1) is 9.70. The first kappa shape index (κ1) is 14.8. The molecule has 2 aliphatic heterocycles. The molecule has 1 saturated carbocycles. The molecule has 116 valence electrons. The van der Waals surface area contributed by atoms with Gasteiger partial charge in [0.25, 0.3) is 0 Å². The fourth-order valence-corrected chi connectivity index (χ4v) is 4.30. The van der Waals surface area contributed by atoms with E-state index in [-0.39, 0.29) is 17.2 Å². The maximum atomic E-state index is 6.71. The zero-order valence-electron chi connectivity index (χ0n) is 12.7. The lowest BCUT2D eigenvalue weighted by atomic mass is 9.67. The molecule has 3 rings (SSSR count). The minimum atomic E-state index is -0.167. The third-order valence-electron chi connectivity index (χ3n) is 5.68. The molecule has 2 atom stereocenters. The summed E-state index contributed by atoms with van der Waals surface area (Å²) in [6.07, 6.45) is 7.84. The summed E-state index contributed by atoms with van der Waals surface area (Å²) in [6.45, 7) is 5.24. The monoisotopic (exact) mass is 283 g/mol. The van der Waals surface area contributed by atoms with Crippen molar-refractivity contribution >= 4 is 0 Å². The predicted octanol–water partition coefficient (Wildman–Crippen LogP) is 2.25. The molecule has 3 fully saturated rings. The average Bonchev–Trinajstić information content (AvgIpc) is 2.46. The minimum absolute atomic E-state index is 0.118. The fourth-order valence-electron chi connectivity index (χ4n) is 4.30. The van der Waals surface area contributed by atoms with Crippen LogP contribution in [0.2, 0.25) is 0 Å². The second-order valence-corrected chi connectivity index (χ2v) is 6.77. The highest BCUT2D eigenvalue weighted by molar-refractivity contribution is 5.02. The zero-order chi connectivity index (χ0) is 14.1. The van der Waals surface area contributed by atoms with Crippen LogP contribution in [0.5, 0.6) is 0 Å². The number of ether oxygens (including phenoxy) is 3. The Morgan fingerprint density at radius 1 is 1.20 bits per heavy atom. The molecule has 0 aromatic heterocycles. The highest BCUT2D eigenvalue weighted by Crippen LogP contribution is 2.46. The highest BCUT2D eigenvalue weighted by Gasteiger charge is 2.49. The van der Waals surface area contributed by atoms with Crippen LogP contribution in [0.3, 0.4) is 0 Å². The van der Waals surface area contributed by atoms with Crippen molar-refractivity contribution in [3.05, 3.63) is 0 Å². The van der Waals surface area contributed by atoms with Gasteiger partial charge in [0.15, 0.2) is 0 Å². The lowest BCUT2D eigenvalue weighted by Gasteiger charge is -2.51. The summed E-state index contributed by atoms with van der Waals surface area (Å²) >= 11 is 0. The van der Waals surface area contributed by atoms with Gasteiger partial charge in [-0.3, -0.25) is 0 Å². The van der Waals surface area contributed by atoms with Gasteiger partial charge in [0, 0.05) is 45.3 Å². The molecule has 0 radical (unpaired) electrons. The summed E-state index contributed by atoms with van der Waals surface area (Å²) in [6, 6.07) is 0.118. The molecule has 2 saturated heterocycles. The van der Waals surface area contributed by atoms with Crippen LogP contribution in [-0.4, -0.2) is 43.7 Å². The van der Waals surface area contributed by atoms with Crippen LogP contribution in [0.1, 0.15) is 51.9 Å². The molecule has 3 aliphatic rings. The normalized spacial score (nSPS) is 33.6. The van der Waals surface area contributed by atoms with Gasteiger partial charge < -0.3 is 19.9 Å². The van der Waals surface area contributed by atoms with E-state index in [0.717, 1.165) is 52.1 Å². The Hall–Kier alpha value is -0.160. The molecule has 4 heteroatoms. The first-order valence-electron chi connectivity index (χ1n) is 8.31. The van der Waals surface area contributed by atoms with E-state index in [2.05, 4.69) is 6.92 Å². The molecule has 1 aliphatic carbocycles. The summed E-state index contributed by atoms with van der Waals surface area (Å²) in [7, 11) is 0. The highest BCUT2D eigenvalue weighted by atomic mass is 16.5. The zero-order valence-corrected chi connectivity index (χ0v) is 12.7. The van der Waals surface area contributed by atoms with E-state index in [1.807, 2.05) is 0 Å². The van der Waals surface area contributed by atoms with E-state index >= 15 is 0 Å². The van der Waals surface area contributed by atoms with Gasteiger partial charge in [-0.1, -0.05) is 0 Å². The van der Waals surface area contributed by atoms with E-state index in [1.165, 1.54) is 19.3 Å². The molecule has 0 aromatic rings. The largest absolute Gasteiger partial charge is 0.381 e. The van der Waals surface area contributed by atoms with Crippen LogP contribution in [0, 0.1) is 5.92 Å². The first-order valence-corrected chi connectivity index (χ1v) is 8.31. The van der Waals surface area contributed by atoms with Crippen molar-refractivity contribution in [2.45, 2.75) is 69.1 Å². The second-order valence-electron chi connectivity index (χ2n) is 6.77. The fraction of sp³-hybridized carbons (Fsp3) is 1.00. The molecular formula is C16H29NO3. The van der Waals surface area contributed by atoms with Gasteiger partial charge in [0.1, 0.15) is 0 Å². The molecule has 4 nitrogen and oxygen atoms in total. The molecule has 20 heavy (non-hydrogen) atoms. The molecule has 0 bridgehead atoms. The average molecular weight is 283 g/mol. The molecule has 2 heterocycles. The number of hydrogen-bond donors (Lipinski definition) is 1. The maximum Gasteiger partial charge on any atom is 0.0878 e. The molecular weight excluding hydrogens is 254 g/mol. The van der Waals surface area contributed by atoms with Crippen molar-refractivity contribution in [1.82, 2.24) is 0 Å². The summed E-state index contributed by atoms with van der Waals surface area (Å²) in [5.74, 6) is 0.536. The van der Waals surface area contributed by atoms with Crippen LogP contribution < -0.4 is 5.73 Å². The quantitative estimate of drug-likeness (QED) is 0.860. The molecule has 2 unspecified atom stereocenters. The SMILES string of the molecule is CCOC1(C(N)C2CCOC3(CCC3)C2)CCOCC1. The van der Waals surface area contributed by atoms with Gasteiger partial charge in [-0.15, -0.1) is 0 Å². The van der Waals surface area contributed by atoms with Crippen LogP contribution in [0.15, 0.2) is 0 Å². The van der Waals surface area contributed by atoms with Crippen LogP contribution in [0.25, 0.3) is 0 Å². The third-order valence-corrected chi connectivity index (χ3v) is 5.68. The summed E-state index contributed by atoms with van der Waals surface area (Å²) < 4.78 is 17.7. The molecule has 0 amide bonds. The second kappa shape index (κ2) is 5.91. The summed E-state index contributed by atoms with van der Waals surface area (Å²) in [5, 5.41) is 0. The van der Waals surface area contributed by atoms with E-state index in [1.54, 1.807) is 0 Å². The molecule has 1 spiro atoms. The van der Waals surface area contributed by atoms with Crippen molar-refractivity contribution in [2.24, 2.45) is 11.7 Å². The van der Waals surface area contributed by atoms with Crippen molar-refractivity contribution in [3.8, 4) is 0 Å². The molecule has 0 aromatic carbocycles. The number of hydrogen-bond acceptors (Lipinski definition) is 4. The van der Waals surface area contributed by atoms with E-state index in [0.29, 0.717) is 5.92 Å². The number of nitrogens with two attached hydrogens (primary N) is 1. The van der Waals surface area contributed by atoms with Gasteiger partial charge in [-0.05, 0) is 44.9 Å². The van der Waals surface area contributed by atoms with Gasteiger partial charge >= 0.3 is 0 Å². The maximum absolute atomic E-state index is 6.71. The van der Waals surface area contributed by atoms with Crippen molar-refractivity contribution in [2.75, 3.05) is 26.4 Å². The number of rotatable bonds is 4. The van der Waals surface area contributed by atoms with Crippen LogP contribution >= 0.6 is 0 Å². The Kier molecular flexibility index (Phi) is 4.37. The Bertz CT molecular complexity index is 318. The van der Waals surface area contributed by atoms with Crippen molar-refractivity contribution in [3.63, 3.8) is 0 Å². The molecule has 2 N–H and O–H groups in total. The standard InChI is InChI=1S/C16H29NO3/c1-2-19-16(7-10-18-11-8-16)14(17)13-4-9-20-15(12-13)5-3-6-15/h13-14H,2-12,17H2,1H3. The summed E-state index contributed by atoms with van der Waals surface area (Å²) in [5.41, 5.74) is 6.71. The van der Waals surface area contributed by atoms with Crippen molar-refractivity contribution in [1.29, 1.82) is 0 Å². The lowest BCUT2D eigenvalue weighted by molar-refractivity contribution is -0.172. The van der Waals surface area contributed by atoms with E-state index in [9.17, 15) is 0 Å². The van der Waals surface area contributed by atoms with Crippen LogP contribution in [0.4, 0.5) is 0 Å². The van der Waals surface area contributed by atoms with Gasteiger partial charge in [0.2, 0.25) is 0 Å². The third kappa shape index (κ3) is 2.63. The lowest BCUT2D eigenvalue weighted by Crippen LogP contribution is -2.60. The topological polar surface area (TPSA) is 53.7 Å². The van der Waals surface area contributed by atoms with Gasteiger partial charge in [-0.2, -0.15) is 0 Å². The predicted molar refractivity (Wildman–Crippen MR) is 77.6 cm³/mol. The van der Waals surface area contributed by atoms with Gasteiger partial charge in [-0.25, -0.2) is 0 Å².